The Bertz CT molecular complexity index is 694. The van der Waals surface area contributed by atoms with Crippen molar-refractivity contribution in [1.29, 1.82) is 0 Å². The number of fused-ring (bicyclic) bond motifs is 1. The summed E-state index contributed by atoms with van der Waals surface area (Å²) in [5, 5.41) is 9.06. The second-order valence-corrected chi connectivity index (χ2v) is 7.28. The first-order valence-electron chi connectivity index (χ1n) is 6.29. The lowest BCUT2D eigenvalue weighted by Crippen LogP contribution is -2.12. The molecule has 20 heavy (non-hydrogen) atoms. The van der Waals surface area contributed by atoms with Gasteiger partial charge in [0.05, 0.1) is 5.69 Å². The van der Waals surface area contributed by atoms with Gasteiger partial charge in [0, 0.05) is 4.88 Å². The van der Waals surface area contributed by atoms with Crippen LogP contribution in [0, 0.1) is 0 Å². The van der Waals surface area contributed by atoms with Crippen LogP contribution in [0.15, 0.2) is 21.6 Å². The summed E-state index contributed by atoms with van der Waals surface area (Å²) in [7, 11) is -3.78. The number of aromatic nitrogens is 1. The fourth-order valence-electron chi connectivity index (χ4n) is 2.15. The van der Waals surface area contributed by atoms with E-state index in [2.05, 4.69) is 9.71 Å². The molecule has 108 valence electrons. The molecule has 2 aromatic heterocycles. The number of hydrogen-bond acceptors (Lipinski definition) is 6. The number of nitrogens with one attached hydrogen (secondary N) is 1. The van der Waals surface area contributed by atoms with Gasteiger partial charge in [-0.3, -0.25) is 4.72 Å². The average molecular weight is 314 g/mol. The molecule has 2 aromatic rings. The summed E-state index contributed by atoms with van der Waals surface area (Å²) in [5.41, 5.74) is 0.995. The van der Waals surface area contributed by atoms with Crippen LogP contribution in [0.4, 0.5) is 5.13 Å². The predicted octanol–water partition coefficient (Wildman–Crippen LogP) is 1.91. The Kier molecular flexibility index (Phi) is 3.53. The Hall–Kier alpha value is -1.38. The lowest BCUT2D eigenvalue weighted by atomic mass is 10.0. The second-order valence-electron chi connectivity index (χ2n) is 4.58. The number of aliphatic hydroxyl groups is 1. The van der Waals surface area contributed by atoms with Crippen LogP contribution in [0.3, 0.4) is 0 Å². The van der Waals surface area contributed by atoms with E-state index in [0.29, 0.717) is 5.13 Å². The topological polar surface area (TPSA) is 92.4 Å². The highest BCUT2D eigenvalue weighted by Gasteiger charge is 2.22. The first kappa shape index (κ1) is 13.6. The number of thiazole rings is 1. The fraction of sp³-hybridized carbons (Fsp3) is 0.417. The zero-order chi connectivity index (χ0) is 14.2. The molecule has 2 heterocycles. The number of sulfonamides is 1. The number of rotatable bonds is 4. The molecule has 2 N–H and O–H groups in total. The third-order valence-corrected chi connectivity index (χ3v) is 5.54. The van der Waals surface area contributed by atoms with Crippen molar-refractivity contribution < 1.29 is 17.9 Å². The third-order valence-electron chi connectivity index (χ3n) is 3.13. The quantitative estimate of drug-likeness (QED) is 0.899. The molecule has 0 amide bonds. The Morgan fingerprint density at radius 1 is 1.35 bits per heavy atom. The van der Waals surface area contributed by atoms with Crippen LogP contribution in [-0.2, 0) is 29.5 Å². The molecule has 1 aliphatic carbocycles. The molecular formula is C12H14N2O4S2. The molecular weight excluding hydrogens is 300 g/mol. The molecule has 0 aromatic carbocycles. The van der Waals surface area contributed by atoms with Crippen LogP contribution in [-0.4, -0.2) is 18.5 Å². The van der Waals surface area contributed by atoms with Crippen LogP contribution < -0.4 is 4.72 Å². The normalized spacial score (nSPS) is 15.1. The first-order chi connectivity index (χ1) is 9.58. The van der Waals surface area contributed by atoms with Crippen molar-refractivity contribution >= 4 is 26.5 Å². The Labute approximate surface area is 120 Å². The van der Waals surface area contributed by atoms with Gasteiger partial charge in [-0.15, -0.1) is 11.3 Å². The highest BCUT2D eigenvalue weighted by Crippen LogP contribution is 2.30. The molecule has 0 fully saturated rings. The standard InChI is InChI=1S/C12H14N2O4S2/c15-7-8-5-6-11(18-8)20(16,17)14-12-13-9-3-1-2-4-10(9)19-12/h5-6,15H,1-4,7H2,(H,13,14). The molecule has 0 saturated heterocycles. The summed E-state index contributed by atoms with van der Waals surface area (Å²) >= 11 is 1.38. The van der Waals surface area contributed by atoms with Crippen molar-refractivity contribution in [3.63, 3.8) is 0 Å². The molecule has 0 spiro atoms. The van der Waals surface area contributed by atoms with Crippen LogP contribution in [0.1, 0.15) is 29.2 Å². The van der Waals surface area contributed by atoms with Gasteiger partial charge in [-0.1, -0.05) is 0 Å². The maximum atomic E-state index is 12.1. The number of hydrogen-bond donors (Lipinski definition) is 2. The van der Waals surface area contributed by atoms with E-state index >= 15 is 0 Å². The van der Waals surface area contributed by atoms with Gasteiger partial charge in [-0.25, -0.2) is 4.98 Å². The van der Waals surface area contributed by atoms with Gasteiger partial charge in [-0.2, -0.15) is 8.42 Å². The van der Waals surface area contributed by atoms with E-state index in [9.17, 15) is 8.42 Å². The highest BCUT2D eigenvalue weighted by molar-refractivity contribution is 7.92. The fourth-order valence-corrected chi connectivity index (χ4v) is 4.39. The van der Waals surface area contributed by atoms with Gasteiger partial charge < -0.3 is 9.52 Å². The SMILES string of the molecule is O=S(=O)(Nc1nc2c(s1)CCCC2)c1ccc(CO)o1. The van der Waals surface area contributed by atoms with Crippen molar-refractivity contribution in [2.45, 2.75) is 37.4 Å². The molecule has 6 nitrogen and oxygen atoms in total. The van der Waals surface area contributed by atoms with Crippen LogP contribution in [0.5, 0.6) is 0 Å². The summed E-state index contributed by atoms with van der Waals surface area (Å²) < 4.78 is 31.7. The van der Waals surface area contributed by atoms with Crippen molar-refractivity contribution in [1.82, 2.24) is 4.98 Å². The summed E-state index contributed by atoms with van der Waals surface area (Å²) in [6.07, 6.45) is 4.09. The first-order valence-corrected chi connectivity index (χ1v) is 8.59. The van der Waals surface area contributed by atoms with Crippen molar-refractivity contribution in [2.24, 2.45) is 0 Å². The maximum absolute atomic E-state index is 12.1. The van der Waals surface area contributed by atoms with E-state index < -0.39 is 10.0 Å². The van der Waals surface area contributed by atoms with Gasteiger partial charge in [0.2, 0.25) is 5.09 Å². The van der Waals surface area contributed by atoms with E-state index in [1.165, 1.54) is 23.5 Å². The summed E-state index contributed by atoms with van der Waals surface area (Å²) in [4.78, 5) is 5.48. The number of nitrogens with zero attached hydrogens (tertiary/aromatic N) is 1. The van der Waals surface area contributed by atoms with Crippen LogP contribution in [0.2, 0.25) is 0 Å². The van der Waals surface area contributed by atoms with Gasteiger partial charge in [0.25, 0.3) is 10.0 Å². The minimum atomic E-state index is -3.78. The number of furan rings is 1. The molecule has 0 saturated carbocycles. The zero-order valence-corrected chi connectivity index (χ0v) is 12.3. The van der Waals surface area contributed by atoms with E-state index in [1.807, 2.05) is 0 Å². The largest absolute Gasteiger partial charge is 0.445 e. The van der Waals surface area contributed by atoms with Crippen molar-refractivity contribution in [2.75, 3.05) is 4.72 Å². The van der Waals surface area contributed by atoms with Gasteiger partial charge in [0.15, 0.2) is 5.13 Å². The van der Waals surface area contributed by atoms with Crippen molar-refractivity contribution in [3.05, 3.63) is 28.5 Å². The minimum Gasteiger partial charge on any atom is -0.445 e. The average Bonchev–Trinajstić information content (AvgIpc) is 3.04. The molecule has 0 radical (unpaired) electrons. The van der Waals surface area contributed by atoms with Crippen LogP contribution >= 0.6 is 11.3 Å². The predicted molar refractivity (Wildman–Crippen MR) is 74.2 cm³/mol. The summed E-state index contributed by atoms with van der Waals surface area (Å²) in [6, 6.07) is 2.75. The Balaban J connectivity index is 1.84. The van der Waals surface area contributed by atoms with Gasteiger partial charge in [-0.05, 0) is 37.8 Å². The monoisotopic (exact) mass is 314 g/mol. The Morgan fingerprint density at radius 2 is 2.15 bits per heavy atom. The second kappa shape index (κ2) is 5.19. The van der Waals surface area contributed by atoms with Crippen LogP contribution in [0.25, 0.3) is 0 Å². The number of aryl methyl sites for hydroxylation is 2. The molecule has 1 aliphatic rings. The zero-order valence-electron chi connectivity index (χ0n) is 10.6. The van der Waals surface area contributed by atoms with E-state index in [-0.39, 0.29) is 17.5 Å². The Morgan fingerprint density at radius 3 is 2.85 bits per heavy atom. The smallest absolute Gasteiger partial charge is 0.297 e. The number of aliphatic hydroxyl groups excluding tert-OH is 1. The molecule has 0 bridgehead atoms. The number of anilines is 1. The molecule has 8 heteroatoms. The summed E-state index contributed by atoms with van der Waals surface area (Å²) in [5.74, 6) is 0.212. The maximum Gasteiger partial charge on any atom is 0.297 e. The van der Waals surface area contributed by atoms with E-state index in [1.54, 1.807) is 0 Å². The van der Waals surface area contributed by atoms with Gasteiger partial charge in [0.1, 0.15) is 12.4 Å². The summed E-state index contributed by atoms with van der Waals surface area (Å²) in [6.45, 7) is -0.332. The highest BCUT2D eigenvalue weighted by atomic mass is 32.2. The third kappa shape index (κ3) is 2.58. The lowest BCUT2D eigenvalue weighted by molar-refractivity contribution is 0.236. The van der Waals surface area contributed by atoms with Crippen molar-refractivity contribution in [3.8, 4) is 0 Å². The minimum absolute atomic E-state index is 0.212. The molecule has 0 aliphatic heterocycles. The van der Waals surface area contributed by atoms with E-state index in [0.717, 1.165) is 36.3 Å². The van der Waals surface area contributed by atoms with Gasteiger partial charge >= 0.3 is 0 Å². The molecule has 0 atom stereocenters. The molecule has 0 unspecified atom stereocenters. The van der Waals surface area contributed by atoms with E-state index in [4.69, 9.17) is 9.52 Å². The molecule has 3 rings (SSSR count). The lowest BCUT2D eigenvalue weighted by Gasteiger charge is -2.06.